The smallest absolute Gasteiger partial charge is 0.302 e. The van der Waals surface area contributed by atoms with Gasteiger partial charge < -0.3 is 14.8 Å². The van der Waals surface area contributed by atoms with Crippen molar-refractivity contribution < 1.29 is 19.1 Å². The number of ether oxygens (including phenoxy) is 2. The second-order valence-corrected chi connectivity index (χ2v) is 11.8. The predicted molar refractivity (Wildman–Crippen MR) is 155 cm³/mol. The fourth-order valence-corrected chi connectivity index (χ4v) is 6.66. The lowest BCUT2D eigenvalue weighted by molar-refractivity contribution is -0.142. The van der Waals surface area contributed by atoms with Gasteiger partial charge in [-0.3, -0.25) is 14.3 Å². The van der Waals surface area contributed by atoms with Crippen molar-refractivity contribution in [2.75, 3.05) is 13.7 Å². The summed E-state index contributed by atoms with van der Waals surface area (Å²) < 4.78 is 12.2. The molecule has 2 saturated carbocycles. The maximum Gasteiger partial charge on any atom is 0.302 e. The average Bonchev–Trinajstić information content (AvgIpc) is 3.32. The minimum atomic E-state index is -0.224. The zero-order valence-electron chi connectivity index (χ0n) is 23.1. The number of hydrogen-bond donors (Lipinski definition) is 1. The molecule has 1 spiro atoms. The molecule has 2 heterocycles. The van der Waals surface area contributed by atoms with Gasteiger partial charge in [0.2, 0.25) is 0 Å². The summed E-state index contributed by atoms with van der Waals surface area (Å²) in [6.07, 6.45) is 10.4. The van der Waals surface area contributed by atoms with Crippen LogP contribution in [0.5, 0.6) is 5.75 Å². The molecule has 212 valence electrons. The summed E-state index contributed by atoms with van der Waals surface area (Å²) in [7, 11) is 1.63. The number of nitrogens with one attached hydrogen (secondary N) is 1. The highest BCUT2D eigenvalue weighted by molar-refractivity contribution is 6.32. The molecule has 41 heavy (non-hydrogen) atoms. The Kier molecular flexibility index (Phi) is 7.38. The minimum Gasteiger partial charge on any atom is -0.497 e. The Morgan fingerprint density at radius 1 is 1.10 bits per heavy atom. The molecule has 1 N–H and O–H groups in total. The number of aromatic nitrogens is 4. The van der Waals surface area contributed by atoms with Crippen LogP contribution in [0, 0.1) is 11.3 Å². The highest BCUT2D eigenvalue weighted by atomic mass is 35.5. The van der Waals surface area contributed by atoms with Gasteiger partial charge in [-0.2, -0.15) is 5.10 Å². The molecule has 9 nitrogen and oxygen atoms in total. The van der Waals surface area contributed by atoms with Crippen LogP contribution in [0.2, 0.25) is 5.02 Å². The van der Waals surface area contributed by atoms with Crippen LogP contribution in [-0.4, -0.2) is 51.4 Å². The Bertz CT molecular complexity index is 1590. The third-order valence-corrected chi connectivity index (χ3v) is 8.50. The van der Waals surface area contributed by atoms with E-state index in [1.165, 1.54) is 6.92 Å². The maximum absolute atomic E-state index is 13.5. The molecular formula is C31H32ClN5O4. The molecule has 0 unspecified atom stereocenters. The van der Waals surface area contributed by atoms with Gasteiger partial charge >= 0.3 is 5.97 Å². The standard InChI is InChI=1S/C31H32ClN5O4/c1-19(38)41-7-6-20-11-31(12-20)13-25(14-31)36-30(39)27-10-24(32)8-23-17-35-37(28(23)27)18-21-15-33-29(34-16-21)22-4-3-5-26(9-22)40-2/h3-5,8-10,15-17,20,25H,6-7,11-14,18H2,1-2H3,(H,36,39). The second kappa shape index (κ2) is 11.1. The molecule has 2 aromatic carbocycles. The molecule has 0 bridgehead atoms. The Morgan fingerprint density at radius 3 is 2.61 bits per heavy atom. The van der Waals surface area contributed by atoms with Crippen LogP contribution in [0.3, 0.4) is 0 Å². The quantitative estimate of drug-likeness (QED) is 0.265. The van der Waals surface area contributed by atoms with Gasteiger partial charge in [-0.1, -0.05) is 23.7 Å². The summed E-state index contributed by atoms with van der Waals surface area (Å²) in [5.41, 5.74) is 3.28. The number of carbonyl (C=O) groups is 2. The van der Waals surface area contributed by atoms with Crippen molar-refractivity contribution in [3.8, 4) is 17.1 Å². The number of fused-ring (bicyclic) bond motifs is 1. The van der Waals surface area contributed by atoms with E-state index < -0.39 is 0 Å². The van der Waals surface area contributed by atoms with E-state index in [1.807, 2.05) is 30.3 Å². The molecule has 0 saturated heterocycles. The van der Waals surface area contributed by atoms with Gasteiger partial charge in [-0.05, 0) is 67.7 Å². The van der Waals surface area contributed by atoms with E-state index in [2.05, 4.69) is 20.4 Å². The van der Waals surface area contributed by atoms with Gasteiger partial charge in [-0.15, -0.1) is 0 Å². The molecule has 2 aliphatic carbocycles. The molecule has 1 amide bonds. The lowest BCUT2D eigenvalue weighted by Gasteiger charge is -2.58. The number of methoxy groups -OCH3 is 1. The molecule has 0 atom stereocenters. The first-order chi connectivity index (χ1) is 19.8. The van der Waals surface area contributed by atoms with Crippen molar-refractivity contribution in [3.63, 3.8) is 0 Å². The summed E-state index contributed by atoms with van der Waals surface area (Å²) >= 11 is 6.40. The van der Waals surface area contributed by atoms with Gasteiger partial charge in [0.15, 0.2) is 5.82 Å². The number of carbonyl (C=O) groups excluding carboxylic acids is 2. The highest BCUT2D eigenvalue weighted by Gasteiger charge is 2.52. The van der Waals surface area contributed by atoms with E-state index in [0.29, 0.717) is 40.9 Å². The molecule has 0 radical (unpaired) electrons. The minimum absolute atomic E-state index is 0.139. The Balaban J connectivity index is 1.12. The Morgan fingerprint density at radius 2 is 1.88 bits per heavy atom. The van der Waals surface area contributed by atoms with Crippen molar-refractivity contribution in [2.24, 2.45) is 11.3 Å². The lowest BCUT2D eigenvalue weighted by Crippen LogP contribution is -2.56. The van der Waals surface area contributed by atoms with Crippen molar-refractivity contribution in [3.05, 3.63) is 71.1 Å². The molecule has 6 rings (SSSR count). The van der Waals surface area contributed by atoms with Crippen LogP contribution in [0.25, 0.3) is 22.3 Å². The van der Waals surface area contributed by atoms with Gasteiger partial charge in [0.25, 0.3) is 5.91 Å². The largest absolute Gasteiger partial charge is 0.497 e. The Labute approximate surface area is 243 Å². The number of esters is 1. The first-order valence-corrected chi connectivity index (χ1v) is 14.2. The fourth-order valence-electron chi connectivity index (χ4n) is 6.43. The zero-order chi connectivity index (χ0) is 28.6. The van der Waals surface area contributed by atoms with Crippen LogP contribution in [-0.2, 0) is 16.1 Å². The third kappa shape index (κ3) is 5.77. The van der Waals surface area contributed by atoms with Crippen molar-refractivity contribution >= 4 is 34.4 Å². The Hall–Kier alpha value is -3.98. The highest BCUT2D eigenvalue weighted by Crippen LogP contribution is 2.59. The van der Waals surface area contributed by atoms with Crippen LogP contribution in [0.1, 0.15) is 54.9 Å². The number of halogens is 1. The van der Waals surface area contributed by atoms with Gasteiger partial charge in [0.05, 0.1) is 37.5 Å². The summed E-state index contributed by atoms with van der Waals surface area (Å²) in [4.78, 5) is 33.5. The second-order valence-electron chi connectivity index (χ2n) is 11.3. The molecule has 0 aliphatic heterocycles. The maximum atomic E-state index is 13.5. The summed E-state index contributed by atoms with van der Waals surface area (Å²) in [6.45, 7) is 2.34. The number of nitrogens with zero attached hydrogens (tertiary/aromatic N) is 4. The molecule has 10 heteroatoms. The van der Waals surface area contributed by atoms with Crippen LogP contribution in [0.15, 0.2) is 55.0 Å². The molecule has 2 aromatic heterocycles. The van der Waals surface area contributed by atoms with Crippen molar-refractivity contribution in [2.45, 2.75) is 51.6 Å². The monoisotopic (exact) mass is 573 g/mol. The molecule has 2 aliphatic rings. The van der Waals surface area contributed by atoms with Crippen LogP contribution >= 0.6 is 11.6 Å². The summed E-state index contributed by atoms with van der Waals surface area (Å²) in [5.74, 6) is 1.58. The topological polar surface area (TPSA) is 108 Å². The van der Waals surface area contributed by atoms with Gasteiger partial charge in [0, 0.05) is 46.9 Å². The van der Waals surface area contributed by atoms with Crippen LogP contribution in [0.4, 0.5) is 0 Å². The predicted octanol–water partition coefficient (Wildman–Crippen LogP) is 5.45. The van der Waals surface area contributed by atoms with E-state index >= 15 is 0 Å². The first-order valence-electron chi connectivity index (χ1n) is 13.9. The number of rotatable bonds is 9. The first kappa shape index (κ1) is 27.2. The van der Waals surface area contributed by atoms with E-state index in [1.54, 1.807) is 36.4 Å². The lowest BCUT2D eigenvalue weighted by atomic mass is 9.49. The van der Waals surface area contributed by atoms with E-state index in [0.717, 1.165) is 59.9 Å². The summed E-state index contributed by atoms with van der Waals surface area (Å²) in [5, 5.41) is 9.07. The number of hydrogen-bond acceptors (Lipinski definition) is 7. The molecular weight excluding hydrogens is 542 g/mol. The average molecular weight is 574 g/mol. The molecule has 4 aromatic rings. The van der Waals surface area contributed by atoms with E-state index in [-0.39, 0.29) is 17.9 Å². The number of benzene rings is 2. The van der Waals surface area contributed by atoms with E-state index in [4.69, 9.17) is 21.1 Å². The van der Waals surface area contributed by atoms with Crippen molar-refractivity contribution in [1.29, 1.82) is 0 Å². The SMILES string of the molecule is COc1cccc(-c2ncc(Cn3ncc4cc(Cl)cc(C(=O)NC5CC6(CC(CCOC(C)=O)C6)C5)c43)cn2)c1. The van der Waals surface area contributed by atoms with E-state index in [9.17, 15) is 9.59 Å². The van der Waals surface area contributed by atoms with Crippen LogP contribution < -0.4 is 10.1 Å². The number of amides is 1. The van der Waals surface area contributed by atoms with Gasteiger partial charge in [0.1, 0.15) is 5.75 Å². The third-order valence-electron chi connectivity index (χ3n) is 8.28. The summed E-state index contributed by atoms with van der Waals surface area (Å²) in [6, 6.07) is 11.3. The zero-order valence-corrected chi connectivity index (χ0v) is 23.9. The van der Waals surface area contributed by atoms with Gasteiger partial charge in [-0.25, -0.2) is 9.97 Å². The fraction of sp³-hybridized carbons (Fsp3) is 0.387. The molecule has 2 fully saturated rings. The normalized spacial score (nSPS) is 21.2. The van der Waals surface area contributed by atoms with Crippen molar-refractivity contribution in [1.82, 2.24) is 25.1 Å².